The van der Waals surface area contributed by atoms with Crippen molar-refractivity contribution in [1.29, 1.82) is 0 Å². The van der Waals surface area contributed by atoms with Crippen LogP contribution in [0.4, 0.5) is 0 Å². The lowest BCUT2D eigenvalue weighted by atomic mass is 9.81. The molecule has 4 nitrogen and oxygen atoms in total. The molecule has 1 N–H and O–H groups in total. The minimum Gasteiger partial charge on any atom is -0.381 e. The summed E-state index contributed by atoms with van der Waals surface area (Å²) in [7, 11) is 0. The first-order chi connectivity index (χ1) is 12.1. The first-order valence-electron chi connectivity index (χ1n) is 9.73. The molecule has 2 aliphatic heterocycles. The number of amides is 1. The highest BCUT2D eigenvalue weighted by Crippen LogP contribution is 2.31. The average molecular weight is 344 g/mol. The number of nitrogens with one attached hydrogen (secondary N) is 1. The van der Waals surface area contributed by atoms with Gasteiger partial charge in [0, 0.05) is 19.8 Å². The van der Waals surface area contributed by atoms with E-state index >= 15 is 0 Å². The van der Waals surface area contributed by atoms with E-state index in [0.717, 1.165) is 31.8 Å². The van der Waals surface area contributed by atoms with Gasteiger partial charge >= 0.3 is 0 Å². The molecule has 2 saturated heterocycles. The Bertz CT molecular complexity index is 546. The number of likely N-dealkylation sites (tertiary alicyclic amines) is 1. The van der Waals surface area contributed by atoms with E-state index in [9.17, 15) is 4.79 Å². The highest BCUT2D eigenvalue weighted by Gasteiger charge is 2.35. The molecule has 0 spiro atoms. The van der Waals surface area contributed by atoms with Crippen molar-refractivity contribution in [2.45, 2.75) is 45.6 Å². The van der Waals surface area contributed by atoms with Gasteiger partial charge in [-0.05, 0) is 50.3 Å². The molecule has 2 aliphatic rings. The third-order valence-corrected chi connectivity index (χ3v) is 6.04. The predicted octanol–water partition coefficient (Wildman–Crippen LogP) is 3.39. The second-order valence-electron chi connectivity index (χ2n) is 8.03. The molecule has 138 valence electrons. The summed E-state index contributed by atoms with van der Waals surface area (Å²) in [5.74, 6) is 0.991. The van der Waals surface area contributed by atoms with Crippen LogP contribution in [-0.4, -0.2) is 43.7 Å². The monoisotopic (exact) mass is 344 g/mol. The summed E-state index contributed by atoms with van der Waals surface area (Å²) in [4.78, 5) is 15.3. The van der Waals surface area contributed by atoms with E-state index in [-0.39, 0.29) is 17.4 Å². The van der Waals surface area contributed by atoms with Crippen LogP contribution in [0.1, 0.15) is 51.1 Å². The van der Waals surface area contributed by atoms with E-state index in [0.29, 0.717) is 19.8 Å². The Morgan fingerprint density at radius 2 is 1.88 bits per heavy atom. The number of hydrogen-bond donors (Lipinski definition) is 1. The van der Waals surface area contributed by atoms with Gasteiger partial charge in [0.2, 0.25) is 5.91 Å². The third-order valence-electron chi connectivity index (χ3n) is 6.04. The van der Waals surface area contributed by atoms with Crippen molar-refractivity contribution < 1.29 is 9.53 Å². The first-order valence-corrected chi connectivity index (χ1v) is 9.73. The van der Waals surface area contributed by atoms with Gasteiger partial charge < -0.3 is 10.1 Å². The maximum atomic E-state index is 12.8. The summed E-state index contributed by atoms with van der Waals surface area (Å²) < 4.78 is 5.43. The van der Waals surface area contributed by atoms with Crippen molar-refractivity contribution in [3.8, 4) is 0 Å². The van der Waals surface area contributed by atoms with E-state index in [4.69, 9.17) is 4.74 Å². The van der Waals surface area contributed by atoms with E-state index < -0.39 is 0 Å². The maximum absolute atomic E-state index is 12.8. The molecule has 1 aromatic rings. The van der Waals surface area contributed by atoms with Crippen LogP contribution in [0.3, 0.4) is 0 Å². The topological polar surface area (TPSA) is 41.6 Å². The molecule has 4 heteroatoms. The Labute approximate surface area is 151 Å². The standard InChI is InChI=1S/C21H32N2O2/c1-17-8-12-23(13-9-17)19(18-6-4-3-5-7-18)16-22-20(24)21(2)10-14-25-15-11-21/h3-7,17,19H,8-16H2,1-2H3,(H,22,24)/t19-/m0/s1. The summed E-state index contributed by atoms with van der Waals surface area (Å²) in [5, 5.41) is 3.26. The second kappa shape index (κ2) is 8.33. The van der Waals surface area contributed by atoms with Crippen molar-refractivity contribution >= 4 is 5.91 Å². The van der Waals surface area contributed by atoms with Crippen molar-refractivity contribution in [3.05, 3.63) is 35.9 Å². The highest BCUT2D eigenvalue weighted by atomic mass is 16.5. The molecule has 1 amide bonds. The maximum Gasteiger partial charge on any atom is 0.226 e. The lowest BCUT2D eigenvalue weighted by Gasteiger charge is -2.38. The number of carbonyl (C=O) groups is 1. The molecule has 0 aliphatic carbocycles. The van der Waals surface area contributed by atoms with E-state index in [1.54, 1.807) is 0 Å². The fourth-order valence-corrected chi connectivity index (χ4v) is 3.92. The zero-order chi connectivity index (χ0) is 17.7. The molecule has 1 atom stereocenters. The van der Waals surface area contributed by atoms with Gasteiger partial charge in [0.1, 0.15) is 0 Å². The quantitative estimate of drug-likeness (QED) is 0.890. The minimum absolute atomic E-state index is 0.183. The fourth-order valence-electron chi connectivity index (χ4n) is 3.92. The summed E-state index contributed by atoms with van der Waals surface area (Å²) in [5.41, 5.74) is 1.02. The second-order valence-corrected chi connectivity index (χ2v) is 8.03. The van der Waals surface area contributed by atoms with Crippen LogP contribution >= 0.6 is 0 Å². The van der Waals surface area contributed by atoms with Gasteiger partial charge in [-0.2, -0.15) is 0 Å². The lowest BCUT2D eigenvalue weighted by Crippen LogP contribution is -2.47. The molecule has 2 fully saturated rings. The largest absolute Gasteiger partial charge is 0.381 e. The van der Waals surface area contributed by atoms with Gasteiger partial charge in [0.15, 0.2) is 0 Å². The smallest absolute Gasteiger partial charge is 0.226 e. The van der Waals surface area contributed by atoms with Crippen LogP contribution < -0.4 is 5.32 Å². The molecule has 1 aromatic carbocycles. The molecule has 3 rings (SSSR count). The Hall–Kier alpha value is -1.39. The molecule has 0 bridgehead atoms. The van der Waals surface area contributed by atoms with Crippen LogP contribution in [0.25, 0.3) is 0 Å². The average Bonchev–Trinajstić information content (AvgIpc) is 2.64. The summed E-state index contributed by atoms with van der Waals surface area (Å²) >= 11 is 0. The molecular formula is C21H32N2O2. The number of nitrogens with zero attached hydrogens (tertiary/aromatic N) is 1. The summed E-state index contributed by atoms with van der Waals surface area (Å²) in [6, 6.07) is 10.9. The zero-order valence-corrected chi connectivity index (χ0v) is 15.7. The number of carbonyl (C=O) groups excluding carboxylic acids is 1. The molecule has 0 radical (unpaired) electrons. The van der Waals surface area contributed by atoms with Crippen LogP contribution in [0.15, 0.2) is 30.3 Å². The van der Waals surface area contributed by atoms with Crippen LogP contribution in [0.2, 0.25) is 0 Å². The Balaban J connectivity index is 1.66. The molecule has 0 aromatic heterocycles. The highest BCUT2D eigenvalue weighted by molar-refractivity contribution is 5.82. The summed E-state index contributed by atoms with van der Waals surface area (Å²) in [6.07, 6.45) is 4.12. The number of ether oxygens (including phenoxy) is 1. The SMILES string of the molecule is CC1CCN([C@@H](CNC(=O)C2(C)CCOCC2)c2ccccc2)CC1. The minimum atomic E-state index is -0.282. The molecular weight excluding hydrogens is 312 g/mol. The van der Waals surface area contributed by atoms with Gasteiger partial charge in [-0.15, -0.1) is 0 Å². The van der Waals surface area contributed by atoms with E-state index in [1.807, 2.05) is 0 Å². The molecule has 0 unspecified atom stereocenters. The Morgan fingerprint density at radius 1 is 1.24 bits per heavy atom. The van der Waals surface area contributed by atoms with Crippen molar-refractivity contribution in [2.24, 2.45) is 11.3 Å². The van der Waals surface area contributed by atoms with Crippen LogP contribution in [-0.2, 0) is 9.53 Å². The van der Waals surface area contributed by atoms with E-state index in [1.165, 1.54) is 18.4 Å². The van der Waals surface area contributed by atoms with Gasteiger partial charge in [-0.1, -0.05) is 44.2 Å². The normalized spacial score (nSPS) is 23.1. The molecule has 25 heavy (non-hydrogen) atoms. The van der Waals surface area contributed by atoms with Crippen molar-refractivity contribution in [3.63, 3.8) is 0 Å². The predicted molar refractivity (Wildman–Crippen MR) is 100 cm³/mol. The summed E-state index contributed by atoms with van der Waals surface area (Å²) in [6.45, 7) is 8.71. The van der Waals surface area contributed by atoms with Crippen LogP contribution in [0.5, 0.6) is 0 Å². The van der Waals surface area contributed by atoms with E-state index in [2.05, 4.69) is 54.4 Å². The number of hydrogen-bond acceptors (Lipinski definition) is 3. The number of rotatable bonds is 5. The lowest BCUT2D eigenvalue weighted by molar-refractivity contribution is -0.135. The van der Waals surface area contributed by atoms with Gasteiger partial charge in [-0.25, -0.2) is 0 Å². The first kappa shape index (κ1) is 18.4. The van der Waals surface area contributed by atoms with Gasteiger partial charge in [0.05, 0.1) is 11.5 Å². The number of benzene rings is 1. The Kier molecular flexibility index (Phi) is 6.13. The van der Waals surface area contributed by atoms with Gasteiger partial charge in [-0.3, -0.25) is 9.69 Å². The fraction of sp³-hybridized carbons (Fsp3) is 0.667. The van der Waals surface area contributed by atoms with Crippen LogP contribution in [0, 0.1) is 11.3 Å². The van der Waals surface area contributed by atoms with Crippen molar-refractivity contribution in [1.82, 2.24) is 10.2 Å². The third kappa shape index (κ3) is 4.62. The zero-order valence-electron chi connectivity index (χ0n) is 15.7. The number of piperidine rings is 1. The van der Waals surface area contributed by atoms with Gasteiger partial charge in [0.25, 0.3) is 0 Å². The Morgan fingerprint density at radius 3 is 2.52 bits per heavy atom. The molecule has 2 heterocycles. The van der Waals surface area contributed by atoms with Crippen molar-refractivity contribution in [2.75, 3.05) is 32.8 Å². The molecule has 0 saturated carbocycles.